The van der Waals surface area contributed by atoms with Crippen molar-refractivity contribution in [2.45, 2.75) is 27.2 Å². The highest BCUT2D eigenvalue weighted by molar-refractivity contribution is 9.10. The molecule has 6 heteroatoms. The fraction of sp³-hybridized carbons (Fsp3) is 0.375. The van der Waals surface area contributed by atoms with Crippen LogP contribution in [0.5, 0.6) is 0 Å². The van der Waals surface area contributed by atoms with E-state index in [1.54, 1.807) is 18.2 Å². The van der Waals surface area contributed by atoms with Gasteiger partial charge in [-0.05, 0) is 36.1 Å². The zero-order chi connectivity index (χ0) is 16.5. The van der Waals surface area contributed by atoms with Gasteiger partial charge in [0.05, 0.1) is 12.1 Å². The number of rotatable bonds is 3. The second kappa shape index (κ2) is 6.12. The van der Waals surface area contributed by atoms with Crippen molar-refractivity contribution in [1.82, 2.24) is 4.57 Å². The molecule has 0 atom stereocenters. The number of ether oxygens (including phenoxy) is 1. The molecule has 118 valence electrons. The van der Waals surface area contributed by atoms with Gasteiger partial charge in [0.2, 0.25) is 0 Å². The van der Waals surface area contributed by atoms with Crippen molar-refractivity contribution in [2.75, 3.05) is 6.61 Å². The molecule has 0 saturated carbocycles. The smallest absolute Gasteiger partial charge is 0.419 e. The first-order valence-electron chi connectivity index (χ1n) is 6.90. The van der Waals surface area contributed by atoms with Gasteiger partial charge in [0.1, 0.15) is 5.69 Å². The lowest BCUT2D eigenvalue weighted by Gasteiger charge is -2.17. The van der Waals surface area contributed by atoms with Crippen molar-refractivity contribution >= 4 is 38.9 Å². The summed E-state index contributed by atoms with van der Waals surface area (Å²) in [6.45, 7) is 6.39. The predicted molar refractivity (Wildman–Crippen MR) is 87.4 cm³/mol. The van der Waals surface area contributed by atoms with Crippen LogP contribution in [0.25, 0.3) is 10.9 Å². The Kier molecular flexibility index (Phi) is 4.60. The summed E-state index contributed by atoms with van der Waals surface area (Å²) >= 11 is 3.33. The Hall–Kier alpha value is -1.82. The Morgan fingerprint density at radius 1 is 1.27 bits per heavy atom. The van der Waals surface area contributed by atoms with Gasteiger partial charge in [-0.3, -0.25) is 0 Å². The Morgan fingerprint density at radius 3 is 2.55 bits per heavy atom. The summed E-state index contributed by atoms with van der Waals surface area (Å²) in [7, 11) is 0. The molecule has 22 heavy (non-hydrogen) atoms. The number of hydrogen-bond donors (Lipinski definition) is 1. The number of carboxylic acid groups (broad SMARTS) is 1. The molecule has 0 aliphatic rings. The molecular weight excluding hydrogens is 350 g/mol. The van der Waals surface area contributed by atoms with E-state index >= 15 is 0 Å². The van der Waals surface area contributed by atoms with E-state index in [4.69, 9.17) is 4.74 Å². The zero-order valence-corrected chi connectivity index (χ0v) is 14.3. The summed E-state index contributed by atoms with van der Waals surface area (Å²) in [5.74, 6) is -1.17. The first-order valence-corrected chi connectivity index (χ1v) is 7.70. The van der Waals surface area contributed by atoms with Gasteiger partial charge in [0, 0.05) is 9.86 Å². The lowest BCUT2D eigenvalue weighted by Crippen LogP contribution is -2.20. The highest BCUT2D eigenvalue weighted by atomic mass is 79.9. The highest BCUT2D eigenvalue weighted by Crippen LogP contribution is 2.25. The average Bonchev–Trinajstić information content (AvgIpc) is 2.75. The number of carbonyl (C=O) groups excluding carboxylic acids is 1. The third kappa shape index (κ3) is 3.68. The Morgan fingerprint density at radius 2 is 1.95 bits per heavy atom. The average molecular weight is 368 g/mol. The van der Waals surface area contributed by atoms with Crippen LogP contribution in [0, 0.1) is 5.41 Å². The number of hydrogen-bond acceptors (Lipinski definition) is 3. The van der Waals surface area contributed by atoms with Crippen LogP contribution >= 0.6 is 15.9 Å². The minimum absolute atomic E-state index is 0.0412. The molecule has 0 fully saturated rings. The van der Waals surface area contributed by atoms with E-state index in [1.807, 2.05) is 20.8 Å². The molecule has 0 saturated heterocycles. The SMILES string of the molecule is CC(C)(C)CCOC(=O)n1c(C(=O)O)cc2cc(Br)ccc21. The van der Waals surface area contributed by atoms with Gasteiger partial charge in [-0.2, -0.15) is 0 Å². The summed E-state index contributed by atoms with van der Waals surface area (Å²) in [6, 6.07) is 6.68. The lowest BCUT2D eigenvalue weighted by atomic mass is 9.93. The van der Waals surface area contributed by atoms with Crippen molar-refractivity contribution in [3.8, 4) is 0 Å². The Balaban J connectivity index is 2.34. The van der Waals surface area contributed by atoms with Crippen LogP contribution in [0.4, 0.5) is 4.79 Å². The molecular formula is C16H18BrNO4. The van der Waals surface area contributed by atoms with E-state index in [2.05, 4.69) is 15.9 Å². The van der Waals surface area contributed by atoms with Crippen LogP contribution in [-0.2, 0) is 4.74 Å². The highest BCUT2D eigenvalue weighted by Gasteiger charge is 2.21. The first-order chi connectivity index (χ1) is 10.2. The first kappa shape index (κ1) is 16.5. The number of nitrogens with zero attached hydrogens (tertiary/aromatic N) is 1. The molecule has 2 rings (SSSR count). The van der Waals surface area contributed by atoms with Gasteiger partial charge >= 0.3 is 12.1 Å². The van der Waals surface area contributed by atoms with Gasteiger partial charge in [0.15, 0.2) is 0 Å². The molecule has 0 radical (unpaired) electrons. The fourth-order valence-corrected chi connectivity index (χ4v) is 2.43. The van der Waals surface area contributed by atoms with Crippen molar-refractivity contribution in [3.05, 3.63) is 34.4 Å². The lowest BCUT2D eigenvalue weighted by molar-refractivity contribution is 0.0680. The summed E-state index contributed by atoms with van der Waals surface area (Å²) in [6.07, 6.45) is 0.0327. The van der Waals surface area contributed by atoms with Crippen LogP contribution < -0.4 is 0 Å². The quantitative estimate of drug-likeness (QED) is 0.865. The molecule has 0 aliphatic heterocycles. The van der Waals surface area contributed by atoms with E-state index in [0.717, 1.165) is 9.04 Å². The molecule has 5 nitrogen and oxygen atoms in total. The van der Waals surface area contributed by atoms with Crippen LogP contribution in [0.3, 0.4) is 0 Å². The van der Waals surface area contributed by atoms with Crippen molar-refractivity contribution in [2.24, 2.45) is 5.41 Å². The van der Waals surface area contributed by atoms with Gasteiger partial charge < -0.3 is 9.84 Å². The summed E-state index contributed by atoms with van der Waals surface area (Å²) < 4.78 is 7.16. The molecule has 0 aliphatic carbocycles. The number of aromatic nitrogens is 1. The fourth-order valence-electron chi connectivity index (χ4n) is 2.05. The minimum Gasteiger partial charge on any atom is -0.477 e. The maximum atomic E-state index is 12.3. The summed E-state index contributed by atoms with van der Waals surface area (Å²) in [5.41, 5.74) is 0.453. The largest absolute Gasteiger partial charge is 0.477 e. The monoisotopic (exact) mass is 367 g/mol. The standard InChI is InChI=1S/C16H18BrNO4/c1-16(2,3)6-7-22-15(21)18-12-5-4-11(17)8-10(12)9-13(18)14(19)20/h4-5,8-9H,6-7H2,1-3H3,(H,19,20). The van der Waals surface area contributed by atoms with E-state index in [-0.39, 0.29) is 17.7 Å². The second-order valence-corrected chi connectivity index (χ2v) is 7.21. The molecule has 1 heterocycles. The molecule has 1 aromatic heterocycles. The number of carbonyl (C=O) groups is 2. The molecule has 0 amide bonds. The number of benzene rings is 1. The number of halogens is 1. The topological polar surface area (TPSA) is 68.5 Å². The van der Waals surface area contributed by atoms with Crippen molar-refractivity contribution in [3.63, 3.8) is 0 Å². The van der Waals surface area contributed by atoms with Gasteiger partial charge in [-0.25, -0.2) is 14.2 Å². The molecule has 2 aromatic rings. The van der Waals surface area contributed by atoms with Gasteiger partial charge in [-0.15, -0.1) is 0 Å². The molecule has 1 aromatic carbocycles. The second-order valence-electron chi connectivity index (χ2n) is 6.30. The molecule has 0 unspecified atom stereocenters. The van der Waals surface area contributed by atoms with E-state index in [0.29, 0.717) is 17.3 Å². The van der Waals surface area contributed by atoms with Crippen LogP contribution in [0.2, 0.25) is 0 Å². The van der Waals surface area contributed by atoms with Crippen molar-refractivity contribution < 1.29 is 19.4 Å². The van der Waals surface area contributed by atoms with Gasteiger partial charge in [-0.1, -0.05) is 36.7 Å². The van der Waals surface area contributed by atoms with E-state index < -0.39 is 12.1 Å². The molecule has 0 bridgehead atoms. The van der Waals surface area contributed by atoms with Crippen molar-refractivity contribution in [1.29, 1.82) is 0 Å². The Bertz CT molecular complexity index is 728. The maximum absolute atomic E-state index is 12.3. The van der Waals surface area contributed by atoms with E-state index in [1.165, 1.54) is 6.07 Å². The number of aromatic carboxylic acids is 1. The normalized spacial score (nSPS) is 11.6. The van der Waals surface area contributed by atoms with E-state index in [9.17, 15) is 14.7 Å². The zero-order valence-electron chi connectivity index (χ0n) is 12.7. The third-order valence-corrected chi connectivity index (χ3v) is 3.74. The number of fused-ring (bicyclic) bond motifs is 1. The van der Waals surface area contributed by atoms with Crippen LogP contribution in [0.15, 0.2) is 28.7 Å². The van der Waals surface area contributed by atoms with Crippen LogP contribution in [0.1, 0.15) is 37.7 Å². The number of carboxylic acids is 1. The summed E-state index contributed by atoms with van der Waals surface area (Å²) in [4.78, 5) is 23.7. The maximum Gasteiger partial charge on any atom is 0.419 e. The predicted octanol–water partition coefficient (Wildman–Crippen LogP) is 4.52. The molecule has 1 N–H and O–H groups in total. The Labute approximate surface area is 137 Å². The van der Waals surface area contributed by atoms with Gasteiger partial charge in [0.25, 0.3) is 0 Å². The summed E-state index contributed by atoms with van der Waals surface area (Å²) in [5, 5.41) is 9.97. The van der Waals surface area contributed by atoms with Crippen LogP contribution in [-0.4, -0.2) is 28.3 Å². The minimum atomic E-state index is -1.17. The molecule has 0 spiro atoms. The third-order valence-electron chi connectivity index (χ3n) is 3.24.